The van der Waals surface area contributed by atoms with Crippen LogP contribution >= 0.6 is 0 Å². The maximum Gasteiger partial charge on any atom is 0.673 e. The lowest BCUT2D eigenvalue weighted by atomic mass is 10.3. The van der Waals surface area contributed by atoms with Gasteiger partial charge in [0.1, 0.15) is 12.7 Å². The molecule has 0 aromatic rings. The highest BCUT2D eigenvalue weighted by Crippen LogP contribution is 2.06. The predicted molar refractivity (Wildman–Crippen MR) is 66.2 cm³/mol. The van der Waals surface area contributed by atoms with Crippen LogP contribution < -0.4 is 0 Å². The van der Waals surface area contributed by atoms with Crippen molar-refractivity contribution < 1.29 is 31.5 Å². The van der Waals surface area contributed by atoms with Crippen LogP contribution in [0.4, 0.5) is 22.1 Å². The molecule has 2 aliphatic rings. The van der Waals surface area contributed by atoms with Crippen LogP contribution in [0.5, 0.6) is 0 Å². The average molecular weight is 301 g/mol. The lowest BCUT2D eigenvalue weighted by molar-refractivity contribution is 0.121. The van der Waals surface area contributed by atoms with Crippen LogP contribution in [0.1, 0.15) is 13.8 Å². The van der Waals surface area contributed by atoms with Crippen LogP contribution in [0.25, 0.3) is 0 Å². The fourth-order valence-electron chi connectivity index (χ4n) is 1.21. The molecule has 0 bridgehead atoms. The van der Waals surface area contributed by atoms with Crippen LogP contribution in [-0.4, -0.2) is 56.2 Å². The van der Waals surface area contributed by atoms with Crippen molar-refractivity contribution in [2.75, 3.05) is 26.9 Å². The molecule has 10 heteroatoms. The molecule has 0 aromatic carbocycles. The molecule has 1 unspecified atom stereocenters. The molecule has 1 saturated heterocycles. The fourth-order valence-corrected chi connectivity index (χ4v) is 1.21. The van der Waals surface area contributed by atoms with Crippen molar-refractivity contribution in [3.63, 3.8) is 0 Å². The number of carbonyl (C=O) groups excluding carboxylic acids is 1. The van der Waals surface area contributed by atoms with E-state index in [2.05, 4.69) is 45.6 Å². The van der Waals surface area contributed by atoms with Crippen LogP contribution in [0.3, 0.4) is 0 Å². The van der Waals surface area contributed by atoms with Crippen LogP contribution in [0, 0.1) is 0 Å². The summed E-state index contributed by atoms with van der Waals surface area (Å²) in [4.78, 5) is 14.4. The topological polar surface area (TPSA) is 42.0 Å². The molecule has 0 aliphatic carbocycles. The number of nitrogens with zero attached hydrogens (tertiary/aromatic N) is 2. The molecule has 1 atom stereocenters. The van der Waals surface area contributed by atoms with Crippen molar-refractivity contribution in [2.24, 2.45) is 0 Å². The first-order valence-electron chi connectivity index (χ1n) is 5.95. The molecular formula is C10H18BF4N2O3-. The minimum Gasteiger partial charge on any atom is -0.430 e. The molecule has 2 rings (SSSR count). The molecule has 20 heavy (non-hydrogen) atoms. The quantitative estimate of drug-likeness (QED) is 0.423. The van der Waals surface area contributed by atoms with E-state index in [0.29, 0.717) is 6.61 Å². The van der Waals surface area contributed by atoms with Gasteiger partial charge in [-0.3, -0.25) is 0 Å². The summed E-state index contributed by atoms with van der Waals surface area (Å²) in [5.41, 5.74) is 0. The van der Waals surface area contributed by atoms with Gasteiger partial charge >= 0.3 is 13.4 Å². The average Bonchev–Trinajstić information content (AvgIpc) is 2.86. The summed E-state index contributed by atoms with van der Waals surface area (Å²) < 4.78 is 47.9. The minimum absolute atomic E-state index is 0.0486. The van der Waals surface area contributed by atoms with E-state index in [-0.39, 0.29) is 6.10 Å². The summed E-state index contributed by atoms with van der Waals surface area (Å²) in [6.07, 6.45) is 3.60. The summed E-state index contributed by atoms with van der Waals surface area (Å²) in [7, 11) is -3.92. The maximum absolute atomic E-state index is 10.0. The Hall–Kier alpha value is -1.61. The zero-order chi connectivity index (χ0) is 15.8. The van der Waals surface area contributed by atoms with Gasteiger partial charge in [-0.25, -0.2) is 4.79 Å². The molecule has 2 aliphatic heterocycles. The summed E-state index contributed by atoms with van der Waals surface area (Å²) >= 11 is 0. The van der Waals surface area contributed by atoms with E-state index in [4.69, 9.17) is 0 Å². The largest absolute Gasteiger partial charge is 0.673 e. The van der Waals surface area contributed by atoms with Crippen molar-refractivity contribution in [1.82, 2.24) is 9.80 Å². The monoisotopic (exact) mass is 301 g/mol. The second-order valence-electron chi connectivity index (χ2n) is 4.09. The molecule has 0 N–H and O–H groups in total. The second kappa shape index (κ2) is 8.54. The molecule has 5 nitrogen and oxygen atoms in total. The summed E-state index contributed by atoms with van der Waals surface area (Å²) in [6.45, 7) is 6.50. The van der Waals surface area contributed by atoms with E-state index in [1.54, 1.807) is 6.92 Å². The Balaban J connectivity index is 0.000000280. The lowest BCUT2D eigenvalue weighted by Crippen LogP contribution is -2.21. The number of cyclic esters (lactones) is 2. The molecule has 1 fully saturated rings. The van der Waals surface area contributed by atoms with Gasteiger partial charge in [0.2, 0.25) is 0 Å². The van der Waals surface area contributed by atoms with E-state index < -0.39 is 13.4 Å². The Labute approximate surface area is 115 Å². The number of hydrogen-bond acceptors (Lipinski definition) is 5. The van der Waals surface area contributed by atoms with Gasteiger partial charge in [0, 0.05) is 26.0 Å². The zero-order valence-corrected chi connectivity index (χ0v) is 11.6. The van der Waals surface area contributed by atoms with Gasteiger partial charge in [0.25, 0.3) is 0 Å². The summed E-state index contributed by atoms with van der Waals surface area (Å²) in [6, 6.07) is 0. The smallest absolute Gasteiger partial charge is 0.430 e. The first kappa shape index (κ1) is 18.4. The first-order chi connectivity index (χ1) is 9.11. The predicted octanol–water partition coefficient (Wildman–Crippen LogP) is 2.52. The van der Waals surface area contributed by atoms with E-state index in [1.165, 1.54) is 0 Å². The number of carbonyl (C=O) groups is 1. The second-order valence-corrected chi connectivity index (χ2v) is 4.09. The SMILES string of the molecule is CC1COC(=O)O1.CCN1C=CN(C)C1.F[B-](F)(F)F. The van der Waals surface area contributed by atoms with E-state index in [0.717, 1.165) is 13.2 Å². The standard InChI is InChI=1S/C6H12N2.C4H6O3.BF4/c1-3-8-5-4-7(2)6-8;1-3-2-6-4(5)7-3;2-1(3,4)5/h4-5H,3,6H2,1-2H3;3H,2H2,1H3;/q;;-1. The highest BCUT2D eigenvalue weighted by Gasteiger charge is 2.20. The molecule has 118 valence electrons. The van der Waals surface area contributed by atoms with Crippen molar-refractivity contribution in [2.45, 2.75) is 20.0 Å². The van der Waals surface area contributed by atoms with Gasteiger partial charge in [-0.1, -0.05) is 0 Å². The van der Waals surface area contributed by atoms with Crippen molar-refractivity contribution >= 4 is 13.4 Å². The van der Waals surface area contributed by atoms with Gasteiger partial charge in [-0.15, -0.1) is 0 Å². The first-order valence-corrected chi connectivity index (χ1v) is 5.95. The zero-order valence-electron chi connectivity index (χ0n) is 11.6. The van der Waals surface area contributed by atoms with Crippen molar-refractivity contribution in [3.8, 4) is 0 Å². The number of halogens is 4. The molecule has 0 aromatic heterocycles. The maximum atomic E-state index is 10.0. The third-order valence-corrected chi connectivity index (χ3v) is 2.08. The highest BCUT2D eigenvalue weighted by atomic mass is 19.5. The van der Waals surface area contributed by atoms with Crippen molar-refractivity contribution in [3.05, 3.63) is 12.4 Å². The fraction of sp³-hybridized carbons (Fsp3) is 0.700. The molecule has 2 heterocycles. The van der Waals surface area contributed by atoms with Gasteiger partial charge in [0.15, 0.2) is 0 Å². The third-order valence-electron chi connectivity index (χ3n) is 2.08. The summed E-state index contributed by atoms with van der Waals surface area (Å²) in [5, 5.41) is 0. The molecule has 0 amide bonds. The van der Waals surface area contributed by atoms with Crippen LogP contribution in [0.2, 0.25) is 0 Å². The Bertz CT molecular complexity index is 322. The van der Waals surface area contributed by atoms with Gasteiger partial charge in [-0.05, 0) is 13.8 Å². The third kappa shape index (κ3) is 11.5. The number of hydrogen-bond donors (Lipinski definition) is 0. The van der Waals surface area contributed by atoms with E-state index >= 15 is 0 Å². The molecule has 0 saturated carbocycles. The van der Waals surface area contributed by atoms with E-state index in [9.17, 15) is 22.1 Å². The Kier molecular flexibility index (Phi) is 7.86. The van der Waals surface area contributed by atoms with Crippen molar-refractivity contribution in [1.29, 1.82) is 0 Å². The van der Waals surface area contributed by atoms with Gasteiger partial charge in [0.05, 0.1) is 6.67 Å². The molecule has 0 spiro atoms. The number of ether oxygens (including phenoxy) is 2. The number of rotatable bonds is 1. The molecular weight excluding hydrogens is 283 g/mol. The normalized spacial score (nSPS) is 20.6. The Morgan fingerprint density at radius 2 is 1.90 bits per heavy atom. The van der Waals surface area contributed by atoms with Crippen LogP contribution in [-0.2, 0) is 9.47 Å². The summed E-state index contributed by atoms with van der Waals surface area (Å²) in [5.74, 6) is 0. The minimum atomic E-state index is -6.00. The van der Waals surface area contributed by atoms with E-state index in [1.807, 2.05) is 0 Å². The Morgan fingerprint density at radius 3 is 2.05 bits per heavy atom. The Morgan fingerprint density at radius 1 is 1.35 bits per heavy atom. The van der Waals surface area contributed by atoms with Gasteiger partial charge < -0.3 is 36.5 Å². The van der Waals surface area contributed by atoms with Gasteiger partial charge in [-0.2, -0.15) is 0 Å². The lowest BCUT2D eigenvalue weighted by Gasteiger charge is -2.14. The molecule has 0 radical (unpaired) electrons. The highest BCUT2D eigenvalue weighted by molar-refractivity contribution is 6.50. The van der Waals surface area contributed by atoms with Crippen LogP contribution in [0.15, 0.2) is 12.4 Å².